The van der Waals surface area contributed by atoms with Gasteiger partial charge in [-0.3, -0.25) is 9.59 Å². The Morgan fingerprint density at radius 3 is 2.75 bits per heavy atom. The van der Waals surface area contributed by atoms with Gasteiger partial charge in [-0.05, 0) is 69.6 Å². The molecule has 8 nitrogen and oxygen atoms in total. The monoisotopic (exact) mass is 508 g/mol. The van der Waals surface area contributed by atoms with Crippen molar-refractivity contribution in [2.45, 2.75) is 69.6 Å². The smallest absolute Gasteiger partial charge is 0.428 e. The average Bonchev–Trinajstić information content (AvgIpc) is 3.17. The molecule has 0 bridgehead atoms. The molecule has 2 aliphatic heterocycles. The van der Waals surface area contributed by atoms with Crippen LogP contribution in [0.25, 0.3) is 0 Å². The summed E-state index contributed by atoms with van der Waals surface area (Å²) < 4.78 is 19.9. The van der Waals surface area contributed by atoms with Crippen LogP contribution in [-0.2, 0) is 14.3 Å². The van der Waals surface area contributed by atoms with Gasteiger partial charge in [-0.1, -0.05) is 15.9 Å². The van der Waals surface area contributed by atoms with Crippen LogP contribution in [0.4, 0.5) is 9.18 Å². The van der Waals surface area contributed by atoms with Crippen LogP contribution in [0.5, 0.6) is 0 Å². The average molecular weight is 509 g/mol. The molecule has 2 heterocycles. The van der Waals surface area contributed by atoms with Gasteiger partial charge in [-0.15, -0.1) is 0 Å². The highest BCUT2D eigenvalue weighted by molar-refractivity contribution is 9.10. The lowest BCUT2D eigenvalue weighted by Crippen LogP contribution is -2.52. The highest BCUT2D eigenvalue weighted by Crippen LogP contribution is 2.41. The van der Waals surface area contributed by atoms with E-state index in [0.29, 0.717) is 47.3 Å². The maximum atomic E-state index is 13.6. The van der Waals surface area contributed by atoms with Gasteiger partial charge in [0, 0.05) is 22.5 Å². The summed E-state index contributed by atoms with van der Waals surface area (Å²) in [5.74, 6) is -0.246. The van der Waals surface area contributed by atoms with Crippen molar-refractivity contribution < 1.29 is 23.5 Å². The van der Waals surface area contributed by atoms with E-state index in [1.807, 2.05) is 6.92 Å². The summed E-state index contributed by atoms with van der Waals surface area (Å²) in [6.07, 6.45) is 3.89. The van der Waals surface area contributed by atoms with E-state index in [4.69, 9.17) is 4.74 Å². The summed E-state index contributed by atoms with van der Waals surface area (Å²) >= 11 is 3.39. The molecule has 1 unspecified atom stereocenters. The van der Waals surface area contributed by atoms with E-state index in [1.54, 1.807) is 6.07 Å². The Balaban J connectivity index is 1.39. The molecule has 1 saturated heterocycles. The number of carbonyl (C=O) groups is 3. The Hall–Kier alpha value is -2.49. The first-order valence-corrected chi connectivity index (χ1v) is 11.7. The molecule has 32 heavy (non-hydrogen) atoms. The van der Waals surface area contributed by atoms with Crippen LogP contribution in [0.15, 0.2) is 27.8 Å². The van der Waals surface area contributed by atoms with E-state index in [1.165, 1.54) is 12.1 Å². The van der Waals surface area contributed by atoms with E-state index in [2.05, 4.69) is 37.1 Å². The lowest BCUT2D eigenvalue weighted by Gasteiger charge is -2.42. The van der Waals surface area contributed by atoms with Crippen molar-refractivity contribution in [1.29, 1.82) is 0 Å². The maximum Gasteiger partial charge on any atom is 0.428 e. The Morgan fingerprint density at radius 2 is 2.09 bits per heavy atom. The molecule has 1 spiro atoms. The number of carbonyl (C=O) groups excluding carboxylic acids is 3. The van der Waals surface area contributed by atoms with Gasteiger partial charge < -0.3 is 15.4 Å². The maximum absolute atomic E-state index is 13.6. The first-order valence-electron chi connectivity index (χ1n) is 10.9. The van der Waals surface area contributed by atoms with Crippen LogP contribution in [0, 0.1) is 11.7 Å². The molecule has 1 aromatic rings. The zero-order valence-corrected chi connectivity index (χ0v) is 19.3. The summed E-state index contributed by atoms with van der Waals surface area (Å²) in [7, 11) is 0. The predicted molar refractivity (Wildman–Crippen MR) is 118 cm³/mol. The Morgan fingerprint density at radius 1 is 1.34 bits per heavy atom. The standard InChI is InChI=1S/C22H26BrFN4O4/c1-12(25-20(30)17-4-5-18(29)26-17)10-13-6-8-22(9-7-13)19(27-28-21(31)32-22)15-3-2-14(24)11-16(15)23/h2-3,11-13,17H,4-10H2,1H3,(H,25,30)(H,26,29)(H,28,31)/t12-,13?,17?,22?/m0/s1. The second kappa shape index (κ2) is 9.17. The van der Waals surface area contributed by atoms with E-state index in [-0.39, 0.29) is 23.7 Å². The molecule has 0 radical (unpaired) electrons. The number of nitrogens with one attached hydrogen (secondary N) is 3. The number of hydrazone groups is 1. The Bertz CT molecular complexity index is 961. The number of rotatable bonds is 5. The topological polar surface area (TPSA) is 109 Å². The number of benzene rings is 1. The third-order valence-electron chi connectivity index (χ3n) is 6.47. The van der Waals surface area contributed by atoms with Crippen molar-refractivity contribution in [2.75, 3.05) is 0 Å². The fraction of sp³-hybridized carbons (Fsp3) is 0.545. The van der Waals surface area contributed by atoms with Crippen LogP contribution in [0.1, 0.15) is 57.4 Å². The van der Waals surface area contributed by atoms with Gasteiger partial charge in [0.25, 0.3) is 0 Å². The molecule has 1 aliphatic carbocycles. The number of hydrogen-bond donors (Lipinski definition) is 3. The van der Waals surface area contributed by atoms with Gasteiger partial charge in [0.15, 0.2) is 5.60 Å². The van der Waals surface area contributed by atoms with Gasteiger partial charge in [-0.25, -0.2) is 14.6 Å². The van der Waals surface area contributed by atoms with Crippen molar-refractivity contribution in [1.82, 2.24) is 16.1 Å². The molecule has 172 valence electrons. The SMILES string of the molecule is C[C@@H](CC1CCC2(CC1)OC(=O)NN=C2c1ccc(F)cc1Br)NC(=O)C1CCC(=O)N1. The molecule has 4 rings (SSSR count). The quantitative estimate of drug-likeness (QED) is 0.567. The molecule has 2 atom stereocenters. The van der Waals surface area contributed by atoms with E-state index in [0.717, 1.165) is 19.3 Å². The molecule has 10 heteroatoms. The summed E-state index contributed by atoms with van der Waals surface area (Å²) in [6, 6.07) is 3.88. The van der Waals surface area contributed by atoms with Gasteiger partial charge in [0.05, 0.1) is 0 Å². The summed E-state index contributed by atoms with van der Waals surface area (Å²) in [5.41, 5.74) is 2.78. The highest BCUT2D eigenvalue weighted by atomic mass is 79.9. The second-order valence-corrected chi connectivity index (χ2v) is 9.68. The first kappa shape index (κ1) is 22.7. The third-order valence-corrected chi connectivity index (χ3v) is 7.12. The van der Waals surface area contributed by atoms with Crippen molar-refractivity contribution >= 4 is 39.5 Å². The van der Waals surface area contributed by atoms with Crippen molar-refractivity contribution in [3.63, 3.8) is 0 Å². The molecular formula is C22H26BrFN4O4. The van der Waals surface area contributed by atoms with Crippen LogP contribution >= 0.6 is 15.9 Å². The van der Waals surface area contributed by atoms with Gasteiger partial charge in [0.1, 0.15) is 17.6 Å². The highest BCUT2D eigenvalue weighted by Gasteiger charge is 2.47. The summed E-state index contributed by atoms with van der Waals surface area (Å²) in [5, 5.41) is 9.96. The number of ether oxygens (including phenoxy) is 1. The normalized spacial score (nSPS) is 28.4. The molecule has 3 amide bonds. The Labute approximate surface area is 193 Å². The summed E-state index contributed by atoms with van der Waals surface area (Å²) in [6.45, 7) is 1.96. The second-order valence-electron chi connectivity index (χ2n) is 8.83. The first-order chi connectivity index (χ1) is 15.3. The third kappa shape index (κ3) is 4.79. The van der Waals surface area contributed by atoms with E-state index in [9.17, 15) is 18.8 Å². The van der Waals surface area contributed by atoms with Crippen LogP contribution < -0.4 is 16.1 Å². The van der Waals surface area contributed by atoms with Crippen molar-refractivity contribution in [2.24, 2.45) is 11.0 Å². The van der Waals surface area contributed by atoms with Crippen LogP contribution in [-0.4, -0.2) is 41.3 Å². The number of nitrogens with zero attached hydrogens (tertiary/aromatic N) is 1. The zero-order chi connectivity index (χ0) is 22.9. The van der Waals surface area contributed by atoms with Crippen LogP contribution in [0.2, 0.25) is 0 Å². The Kier molecular flexibility index (Phi) is 6.50. The van der Waals surface area contributed by atoms with Gasteiger partial charge in [-0.2, -0.15) is 5.10 Å². The lowest BCUT2D eigenvalue weighted by molar-refractivity contribution is -0.126. The number of hydrogen-bond acceptors (Lipinski definition) is 5. The minimum atomic E-state index is -0.861. The zero-order valence-electron chi connectivity index (χ0n) is 17.7. The van der Waals surface area contributed by atoms with Gasteiger partial charge in [0.2, 0.25) is 11.8 Å². The minimum Gasteiger partial charge on any atom is -0.435 e. The summed E-state index contributed by atoms with van der Waals surface area (Å²) in [4.78, 5) is 35.7. The fourth-order valence-corrected chi connectivity index (χ4v) is 5.41. The molecule has 3 N–H and O–H groups in total. The molecule has 0 aromatic heterocycles. The number of amides is 3. The minimum absolute atomic E-state index is 0.0333. The number of halogens is 2. The molecular weight excluding hydrogens is 483 g/mol. The van der Waals surface area contributed by atoms with Crippen molar-refractivity contribution in [3.8, 4) is 0 Å². The predicted octanol–water partition coefficient (Wildman–Crippen LogP) is 3.13. The fourth-order valence-electron chi connectivity index (χ4n) is 4.87. The van der Waals surface area contributed by atoms with E-state index < -0.39 is 17.7 Å². The largest absolute Gasteiger partial charge is 0.435 e. The van der Waals surface area contributed by atoms with Crippen LogP contribution in [0.3, 0.4) is 0 Å². The van der Waals surface area contributed by atoms with Crippen molar-refractivity contribution in [3.05, 3.63) is 34.1 Å². The molecule has 1 aromatic carbocycles. The van der Waals surface area contributed by atoms with Gasteiger partial charge >= 0.3 is 6.09 Å². The van der Waals surface area contributed by atoms with E-state index >= 15 is 0 Å². The molecule has 1 saturated carbocycles. The molecule has 3 aliphatic rings. The molecule has 2 fully saturated rings. The lowest BCUT2D eigenvalue weighted by atomic mass is 9.73.